The lowest BCUT2D eigenvalue weighted by atomic mass is 9.64. The van der Waals surface area contributed by atoms with Crippen molar-refractivity contribution in [2.45, 2.75) is 45.4 Å². The lowest BCUT2D eigenvalue weighted by Gasteiger charge is -2.39. The summed E-state index contributed by atoms with van der Waals surface area (Å²) in [7, 11) is 1.48. The van der Waals surface area contributed by atoms with Crippen molar-refractivity contribution in [1.29, 1.82) is 0 Å². The number of methoxy groups -OCH3 is 1. The maximum Gasteiger partial charge on any atom is 0.311 e. The molecule has 0 aromatic rings. The summed E-state index contributed by atoms with van der Waals surface area (Å²) in [5.41, 5.74) is -0.0399. The Balaban J connectivity index is 1.84. The van der Waals surface area contributed by atoms with Crippen molar-refractivity contribution >= 4 is 11.8 Å². The normalized spacial score (nSPS) is 56.0. The Hall–Kier alpha value is -0.860. The van der Waals surface area contributed by atoms with E-state index in [0.717, 1.165) is 19.3 Å². The van der Waals surface area contributed by atoms with Gasteiger partial charge in [-0.05, 0) is 42.9 Å². The number of ketones is 1. The molecule has 0 bridgehead atoms. The lowest BCUT2D eigenvalue weighted by Crippen LogP contribution is -2.34. The Morgan fingerprint density at radius 1 is 1.33 bits per heavy atom. The summed E-state index contributed by atoms with van der Waals surface area (Å²) in [6, 6.07) is 0. The van der Waals surface area contributed by atoms with Gasteiger partial charge in [0.15, 0.2) is 0 Å². The third kappa shape index (κ3) is 0.837. The van der Waals surface area contributed by atoms with E-state index in [0.29, 0.717) is 11.7 Å². The van der Waals surface area contributed by atoms with Gasteiger partial charge >= 0.3 is 5.97 Å². The van der Waals surface area contributed by atoms with E-state index in [1.807, 2.05) is 6.92 Å². The van der Waals surface area contributed by atoms with Crippen LogP contribution >= 0.6 is 0 Å². The minimum atomic E-state index is -0.393. The second-order valence-corrected chi connectivity index (χ2v) is 7.21. The van der Waals surface area contributed by atoms with Gasteiger partial charge in [0, 0.05) is 12.3 Å². The van der Waals surface area contributed by atoms with Crippen LogP contribution in [0.15, 0.2) is 0 Å². The number of esters is 1. The summed E-state index contributed by atoms with van der Waals surface area (Å²) in [6.07, 6.45) is 6.41. The van der Waals surface area contributed by atoms with E-state index in [2.05, 4.69) is 0 Å². The van der Waals surface area contributed by atoms with Crippen LogP contribution in [0.1, 0.15) is 45.4 Å². The number of hydrogen-bond acceptors (Lipinski definition) is 3. The van der Waals surface area contributed by atoms with Crippen LogP contribution in [0, 0.1) is 28.1 Å². The zero-order valence-electron chi connectivity index (χ0n) is 11.1. The predicted molar refractivity (Wildman–Crippen MR) is 64.7 cm³/mol. The van der Waals surface area contributed by atoms with Gasteiger partial charge in [-0.3, -0.25) is 9.59 Å². The van der Waals surface area contributed by atoms with Crippen molar-refractivity contribution in [2.24, 2.45) is 28.1 Å². The maximum absolute atomic E-state index is 12.3. The largest absolute Gasteiger partial charge is 0.469 e. The number of fused-ring (bicyclic) bond motifs is 1. The molecule has 98 valence electrons. The maximum atomic E-state index is 12.3. The van der Waals surface area contributed by atoms with Gasteiger partial charge in [-0.2, -0.15) is 0 Å². The molecular formula is C15H20O3. The second-order valence-electron chi connectivity index (χ2n) is 7.21. The monoisotopic (exact) mass is 248 g/mol. The third-order valence-electron chi connectivity index (χ3n) is 6.72. The van der Waals surface area contributed by atoms with Gasteiger partial charge in [0.05, 0.1) is 12.5 Å². The molecule has 18 heavy (non-hydrogen) atoms. The van der Waals surface area contributed by atoms with E-state index in [9.17, 15) is 9.59 Å². The fourth-order valence-electron chi connectivity index (χ4n) is 6.46. The molecule has 0 aliphatic heterocycles. The van der Waals surface area contributed by atoms with Crippen molar-refractivity contribution in [3.8, 4) is 0 Å². The van der Waals surface area contributed by atoms with Crippen LogP contribution in [0.3, 0.4) is 0 Å². The minimum absolute atomic E-state index is 0.0853. The first-order valence-corrected chi connectivity index (χ1v) is 7.13. The molecule has 3 nitrogen and oxygen atoms in total. The Morgan fingerprint density at radius 3 is 2.72 bits per heavy atom. The molecule has 0 aromatic carbocycles. The minimum Gasteiger partial charge on any atom is -0.469 e. The van der Waals surface area contributed by atoms with E-state index >= 15 is 0 Å². The standard InChI is InChI=1S/C15H20O3/c1-13(12(17)18-2)8-14-5-3-4-6-15(14)10(11(13)15)9(16)7-14/h10-11H,3-8H2,1-2H3/t10?,11?,13-,14-,15+/m1/s1. The van der Waals surface area contributed by atoms with Crippen LogP contribution in [0.4, 0.5) is 0 Å². The molecule has 2 unspecified atom stereocenters. The average molecular weight is 248 g/mol. The zero-order valence-corrected chi connectivity index (χ0v) is 11.1. The zero-order chi connectivity index (χ0) is 12.8. The highest BCUT2D eigenvalue weighted by molar-refractivity contribution is 5.94. The van der Waals surface area contributed by atoms with Gasteiger partial charge in [0.1, 0.15) is 5.78 Å². The molecule has 0 N–H and O–H groups in total. The number of Topliss-reactive ketones (excluding diaryl/α,β-unsaturated/α-hetero) is 1. The van der Waals surface area contributed by atoms with Crippen molar-refractivity contribution in [3.05, 3.63) is 0 Å². The molecule has 0 amide bonds. The van der Waals surface area contributed by atoms with Crippen molar-refractivity contribution in [2.75, 3.05) is 7.11 Å². The molecule has 3 heteroatoms. The number of carbonyl (C=O) groups excluding carboxylic acids is 2. The third-order valence-corrected chi connectivity index (χ3v) is 6.72. The molecule has 1 spiro atoms. The second kappa shape index (κ2) is 2.83. The molecule has 5 atom stereocenters. The SMILES string of the molecule is COC(=O)[C@]1(C)C[C@]23CCCC[C@@]24C(C(=O)C3)C41. The van der Waals surface area contributed by atoms with Crippen LogP contribution < -0.4 is 0 Å². The first-order valence-electron chi connectivity index (χ1n) is 7.13. The van der Waals surface area contributed by atoms with Crippen LogP contribution in [0.5, 0.6) is 0 Å². The number of hydrogen-bond donors (Lipinski definition) is 0. The van der Waals surface area contributed by atoms with Crippen LogP contribution in [0.25, 0.3) is 0 Å². The van der Waals surface area contributed by atoms with E-state index in [1.54, 1.807) is 0 Å². The van der Waals surface area contributed by atoms with Gasteiger partial charge in [-0.1, -0.05) is 12.8 Å². The summed E-state index contributed by atoms with van der Waals surface area (Å²) >= 11 is 0. The first-order chi connectivity index (χ1) is 8.52. The average Bonchev–Trinajstić information content (AvgIpc) is 2.91. The highest BCUT2D eigenvalue weighted by Crippen LogP contribution is 2.90. The lowest BCUT2D eigenvalue weighted by molar-refractivity contribution is -0.153. The van der Waals surface area contributed by atoms with E-state index in [1.165, 1.54) is 26.4 Å². The van der Waals surface area contributed by atoms with Crippen LogP contribution in [-0.4, -0.2) is 18.9 Å². The summed E-state index contributed by atoms with van der Waals surface area (Å²) in [5, 5.41) is 0. The molecule has 4 saturated carbocycles. The molecular weight excluding hydrogens is 228 g/mol. The predicted octanol–water partition coefficient (Wildman–Crippen LogP) is 2.33. The molecule has 4 fully saturated rings. The van der Waals surface area contributed by atoms with E-state index in [4.69, 9.17) is 4.74 Å². The Kier molecular flexibility index (Phi) is 1.73. The Labute approximate surface area is 107 Å². The number of ether oxygens (including phenoxy) is 1. The van der Waals surface area contributed by atoms with Crippen molar-refractivity contribution < 1.29 is 14.3 Å². The summed E-state index contributed by atoms with van der Waals surface area (Å²) in [4.78, 5) is 24.5. The van der Waals surface area contributed by atoms with Crippen LogP contribution in [0.2, 0.25) is 0 Å². The fourth-order valence-corrected chi connectivity index (χ4v) is 6.46. The van der Waals surface area contributed by atoms with E-state index in [-0.39, 0.29) is 22.7 Å². The quantitative estimate of drug-likeness (QED) is 0.669. The molecule has 4 rings (SSSR count). The van der Waals surface area contributed by atoms with Gasteiger partial charge in [0.2, 0.25) is 0 Å². The van der Waals surface area contributed by atoms with Gasteiger partial charge in [-0.15, -0.1) is 0 Å². The molecule has 0 saturated heterocycles. The Morgan fingerprint density at radius 2 is 2.06 bits per heavy atom. The first kappa shape index (κ1) is 11.0. The Bertz CT molecular complexity index is 464. The molecule has 4 aliphatic carbocycles. The van der Waals surface area contributed by atoms with Gasteiger partial charge < -0.3 is 4.74 Å². The van der Waals surface area contributed by atoms with Gasteiger partial charge in [-0.25, -0.2) is 0 Å². The topological polar surface area (TPSA) is 43.4 Å². The summed E-state index contributed by atoms with van der Waals surface area (Å²) < 4.78 is 5.04. The smallest absolute Gasteiger partial charge is 0.311 e. The number of rotatable bonds is 1. The van der Waals surface area contributed by atoms with Crippen molar-refractivity contribution in [1.82, 2.24) is 0 Å². The molecule has 0 heterocycles. The summed E-state index contributed by atoms with van der Waals surface area (Å²) in [6.45, 7) is 2.05. The molecule has 0 radical (unpaired) electrons. The summed E-state index contributed by atoms with van der Waals surface area (Å²) in [5.74, 6) is 0.835. The highest BCUT2D eigenvalue weighted by atomic mass is 16.5. The van der Waals surface area contributed by atoms with Crippen molar-refractivity contribution in [3.63, 3.8) is 0 Å². The molecule has 0 aromatic heterocycles. The van der Waals surface area contributed by atoms with Gasteiger partial charge in [0.25, 0.3) is 0 Å². The fraction of sp³-hybridized carbons (Fsp3) is 0.867. The number of carbonyl (C=O) groups is 2. The van der Waals surface area contributed by atoms with E-state index < -0.39 is 5.41 Å². The van der Waals surface area contributed by atoms with Crippen LogP contribution in [-0.2, 0) is 14.3 Å². The molecule has 4 aliphatic rings. The highest BCUT2D eigenvalue weighted by Gasteiger charge is 2.89.